The number of carbonyl (C=O) groups excluding carboxylic acids is 1. The van der Waals surface area contributed by atoms with Gasteiger partial charge in [0.05, 0.1) is 5.69 Å². The summed E-state index contributed by atoms with van der Waals surface area (Å²) in [7, 11) is 0. The van der Waals surface area contributed by atoms with Gasteiger partial charge in [-0.3, -0.25) is 9.36 Å². The Labute approximate surface area is 136 Å². The van der Waals surface area contributed by atoms with Crippen molar-refractivity contribution in [3.05, 3.63) is 62.2 Å². The van der Waals surface area contributed by atoms with Crippen molar-refractivity contribution < 1.29 is 9.53 Å². The van der Waals surface area contributed by atoms with Gasteiger partial charge in [-0.25, -0.2) is 9.78 Å². The lowest BCUT2D eigenvalue weighted by Crippen LogP contribution is -2.30. The van der Waals surface area contributed by atoms with Crippen LogP contribution in [-0.2, 0) is 22.6 Å². The van der Waals surface area contributed by atoms with E-state index in [1.54, 1.807) is 0 Å². The summed E-state index contributed by atoms with van der Waals surface area (Å²) in [6.07, 6.45) is 0.938. The quantitative estimate of drug-likeness (QED) is 0.807. The molecule has 0 bridgehead atoms. The van der Waals surface area contributed by atoms with Crippen LogP contribution in [0.15, 0.2) is 35.1 Å². The first kappa shape index (κ1) is 15.1. The highest BCUT2D eigenvalue weighted by atomic mass is 35.5. The summed E-state index contributed by atoms with van der Waals surface area (Å²) < 4.78 is 6.59. The van der Waals surface area contributed by atoms with Gasteiger partial charge in [0, 0.05) is 0 Å². The van der Waals surface area contributed by atoms with Crippen molar-refractivity contribution in [3.8, 4) is 0 Å². The topological polar surface area (TPSA) is 61.2 Å². The fourth-order valence-corrected chi connectivity index (χ4v) is 3.01. The normalized spacial score (nSPS) is 16.4. The molecule has 1 aromatic carbocycles. The van der Waals surface area contributed by atoms with Crippen LogP contribution < -0.4 is 5.56 Å². The third-order valence-electron chi connectivity index (χ3n) is 3.58. The Hall–Kier alpha value is -1.85. The Morgan fingerprint density at radius 2 is 2.00 bits per heavy atom. The van der Waals surface area contributed by atoms with Gasteiger partial charge >= 0.3 is 5.97 Å². The molecule has 114 valence electrons. The summed E-state index contributed by atoms with van der Waals surface area (Å²) in [5.74, 6) is -0.469. The van der Waals surface area contributed by atoms with E-state index in [0.717, 1.165) is 5.56 Å². The number of halogens is 2. The maximum Gasteiger partial charge on any atom is 0.329 e. The van der Waals surface area contributed by atoms with Gasteiger partial charge in [0.1, 0.15) is 12.6 Å². The van der Waals surface area contributed by atoms with Crippen LogP contribution in [0.4, 0.5) is 0 Å². The summed E-state index contributed by atoms with van der Waals surface area (Å²) in [5.41, 5.74) is 0.894. The first-order valence-corrected chi connectivity index (χ1v) is 7.50. The number of rotatable bonds is 3. The zero-order chi connectivity index (χ0) is 15.7. The van der Waals surface area contributed by atoms with E-state index in [1.807, 2.05) is 30.3 Å². The van der Waals surface area contributed by atoms with E-state index in [1.165, 1.54) is 4.57 Å². The van der Waals surface area contributed by atoms with Crippen LogP contribution in [0, 0.1) is 0 Å². The van der Waals surface area contributed by atoms with Crippen molar-refractivity contribution >= 4 is 29.2 Å². The average Bonchev–Trinajstić information content (AvgIpc) is 2.97. The monoisotopic (exact) mass is 338 g/mol. The van der Waals surface area contributed by atoms with Crippen LogP contribution in [0.25, 0.3) is 0 Å². The van der Waals surface area contributed by atoms with E-state index in [2.05, 4.69) is 4.98 Å². The number of aromatic nitrogens is 2. The number of fused-ring (bicyclic) bond motifs is 1. The molecule has 1 aliphatic rings. The number of hydrogen-bond acceptors (Lipinski definition) is 4. The molecule has 1 aliphatic heterocycles. The second-order valence-corrected chi connectivity index (χ2v) is 5.68. The molecule has 7 heteroatoms. The van der Waals surface area contributed by atoms with Crippen molar-refractivity contribution in [1.29, 1.82) is 0 Å². The minimum Gasteiger partial charge on any atom is -0.459 e. The molecule has 22 heavy (non-hydrogen) atoms. The Bertz CT molecular complexity index is 774. The molecule has 5 nitrogen and oxygen atoms in total. The molecule has 0 amide bonds. The lowest BCUT2D eigenvalue weighted by molar-refractivity contribution is -0.148. The van der Waals surface area contributed by atoms with E-state index in [0.29, 0.717) is 18.5 Å². The molecule has 0 radical (unpaired) electrons. The number of hydrogen-bond donors (Lipinski definition) is 0. The summed E-state index contributed by atoms with van der Waals surface area (Å²) in [6, 6.07) is 8.63. The first-order valence-electron chi connectivity index (χ1n) is 6.75. The molecule has 0 saturated carbocycles. The van der Waals surface area contributed by atoms with Crippen molar-refractivity contribution in [2.24, 2.45) is 0 Å². The molecule has 2 aromatic rings. The van der Waals surface area contributed by atoms with Crippen LogP contribution in [0.2, 0.25) is 10.3 Å². The third-order valence-corrected chi connectivity index (χ3v) is 4.13. The van der Waals surface area contributed by atoms with Gasteiger partial charge in [0.2, 0.25) is 0 Å². The molecule has 1 atom stereocenters. The van der Waals surface area contributed by atoms with Crippen molar-refractivity contribution in [3.63, 3.8) is 0 Å². The summed E-state index contributed by atoms with van der Waals surface area (Å²) in [5, 5.41) is -0.0838. The van der Waals surface area contributed by atoms with Crippen LogP contribution in [0.5, 0.6) is 0 Å². The highest BCUT2D eigenvalue weighted by Gasteiger charge is 2.33. The Kier molecular flexibility index (Phi) is 4.18. The minimum atomic E-state index is -0.704. The molecular formula is C15H12Cl2N2O3. The van der Waals surface area contributed by atoms with Crippen LogP contribution in [-0.4, -0.2) is 15.5 Å². The van der Waals surface area contributed by atoms with Gasteiger partial charge in [-0.2, -0.15) is 0 Å². The molecule has 0 aliphatic carbocycles. The second-order valence-electron chi connectivity index (χ2n) is 4.96. The molecule has 2 heterocycles. The van der Waals surface area contributed by atoms with Crippen LogP contribution in [0.1, 0.15) is 23.7 Å². The predicted octanol–water partition coefficient (Wildman–Crippen LogP) is 2.78. The van der Waals surface area contributed by atoms with Gasteiger partial charge in [-0.1, -0.05) is 53.5 Å². The van der Waals surface area contributed by atoms with Gasteiger partial charge in [-0.05, 0) is 18.4 Å². The second kappa shape index (κ2) is 6.10. The lowest BCUT2D eigenvalue weighted by atomic mass is 10.2. The molecule has 3 rings (SSSR count). The summed E-state index contributed by atoms with van der Waals surface area (Å²) in [6.45, 7) is 0.160. The van der Waals surface area contributed by atoms with Gasteiger partial charge in [-0.15, -0.1) is 0 Å². The first-order chi connectivity index (χ1) is 10.6. The highest BCUT2D eigenvalue weighted by molar-refractivity contribution is 6.32. The zero-order valence-electron chi connectivity index (χ0n) is 11.5. The SMILES string of the molecule is O=C(OCc1ccccc1)[C@H]1CCc2c(Cl)nc(Cl)c(=O)n21. The van der Waals surface area contributed by atoms with E-state index >= 15 is 0 Å². The maximum absolute atomic E-state index is 12.3. The molecular weight excluding hydrogens is 327 g/mol. The molecule has 0 fully saturated rings. The number of carbonyl (C=O) groups is 1. The maximum atomic E-state index is 12.3. The number of nitrogens with zero attached hydrogens (tertiary/aromatic N) is 2. The van der Waals surface area contributed by atoms with E-state index in [-0.39, 0.29) is 16.9 Å². The van der Waals surface area contributed by atoms with E-state index in [9.17, 15) is 9.59 Å². The van der Waals surface area contributed by atoms with Crippen LogP contribution in [0.3, 0.4) is 0 Å². The van der Waals surface area contributed by atoms with E-state index < -0.39 is 17.6 Å². The van der Waals surface area contributed by atoms with Crippen molar-refractivity contribution in [2.75, 3.05) is 0 Å². The fourth-order valence-electron chi connectivity index (χ4n) is 2.52. The van der Waals surface area contributed by atoms with Gasteiger partial charge in [0.25, 0.3) is 5.56 Å². The summed E-state index contributed by atoms with van der Waals surface area (Å²) >= 11 is 11.7. The van der Waals surface area contributed by atoms with Crippen molar-refractivity contribution in [1.82, 2.24) is 9.55 Å². The number of benzene rings is 1. The Balaban J connectivity index is 1.81. The fraction of sp³-hybridized carbons (Fsp3) is 0.267. The Morgan fingerprint density at radius 3 is 2.73 bits per heavy atom. The Morgan fingerprint density at radius 1 is 1.27 bits per heavy atom. The smallest absolute Gasteiger partial charge is 0.329 e. The predicted molar refractivity (Wildman–Crippen MR) is 82.1 cm³/mol. The molecule has 0 unspecified atom stereocenters. The van der Waals surface area contributed by atoms with E-state index in [4.69, 9.17) is 27.9 Å². The largest absolute Gasteiger partial charge is 0.459 e. The molecule has 1 aromatic heterocycles. The zero-order valence-corrected chi connectivity index (χ0v) is 13.0. The third kappa shape index (κ3) is 2.74. The molecule has 0 saturated heterocycles. The number of esters is 1. The van der Waals surface area contributed by atoms with Gasteiger partial charge < -0.3 is 4.74 Å². The lowest BCUT2D eigenvalue weighted by Gasteiger charge is -2.14. The van der Waals surface area contributed by atoms with Gasteiger partial charge in [0.15, 0.2) is 10.3 Å². The molecule has 0 spiro atoms. The van der Waals surface area contributed by atoms with Crippen molar-refractivity contribution in [2.45, 2.75) is 25.5 Å². The standard InChI is InChI=1S/C15H12Cl2N2O3/c16-12-10-6-7-11(19(10)14(20)13(17)18-12)15(21)22-8-9-4-2-1-3-5-9/h1-5,11H,6-8H2/t11-/m1/s1. The molecule has 0 N–H and O–H groups in total. The van der Waals surface area contributed by atoms with Crippen LogP contribution >= 0.6 is 23.2 Å². The highest BCUT2D eigenvalue weighted by Crippen LogP contribution is 2.29. The summed E-state index contributed by atoms with van der Waals surface area (Å²) in [4.78, 5) is 28.1. The minimum absolute atomic E-state index is 0.156. The average molecular weight is 339 g/mol. The number of ether oxygens (including phenoxy) is 1.